The van der Waals surface area contributed by atoms with Crippen molar-refractivity contribution >= 4 is 31.6 Å². The van der Waals surface area contributed by atoms with Crippen molar-refractivity contribution in [1.82, 2.24) is 4.72 Å². The van der Waals surface area contributed by atoms with Gasteiger partial charge in [-0.15, -0.1) is 0 Å². The number of benzene rings is 1. The zero-order valence-corrected chi connectivity index (χ0v) is 14.2. The van der Waals surface area contributed by atoms with Crippen LogP contribution in [-0.4, -0.2) is 14.5 Å². The van der Waals surface area contributed by atoms with Crippen LogP contribution in [0.25, 0.3) is 0 Å². The Labute approximate surface area is 129 Å². The molecule has 6 heteroatoms. The van der Waals surface area contributed by atoms with Gasteiger partial charge >= 0.3 is 0 Å². The Morgan fingerprint density at radius 2 is 1.95 bits per heavy atom. The minimum atomic E-state index is -3.51. The number of anilines is 1. The topological polar surface area (TPSA) is 72.2 Å². The number of rotatable bonds is 3. The van der Waals surface area contributed by atoms with Crippen LogP contribution in [0.3, 0.4) is 0 Å². The number of sulfonamides is 1. The smallest absolute Gasteiger partial charge is 0.241 e. The molecular formula is C14H21BrN2O2S. The van der Waals surface area contributed by atoms with Gasteiger partial charge in [-0.2, -0.15) is 0 Å². The highest BCUT2D eigenvalue weighted by Gasteiger charge is 2.27. The van der Waals surface area contributed by atoms with Gasteiger partial charge in [-0.05, 0) is 59.3 Å². The van der Waals surface area contributed by atoms with Gasteiger partial charge in [-0.25, -0.2) is 13.1 Å². The molecule has 0 saturated heterocycles. The first kappa shape index (κ1) is 15.8. The maximum atomic E-state index is 12.5. The molecule has 1 aliphatic rings. The number of halogens is 1. The SMILES string of the molecule is Cc1cc(Br)c(N)cc1S(=O)(=O)NC1CCCCC1C. The molecule has 2 unspecified atom stereocenters. The van der Waals surface area contributed by atoms with E-state index in [9.17, 15) is 8.42 Å². The largest absolute Gasteiger partial charge is 0.398 e. The van der Waals surface area contributed by atoms with Crippen molar-refractivity contribution in [1.29, 1.82) is 0 Å². The third-order valence-electron chi connectivity index (χ3n) is 4.00. The lowest BCUT2D eigenvalue weighted by atomic mass is 9.87. The van der Waals surface area contributed by atoms with E-state index in [4.69, 9.17) is 5.73 Å². The van der Waals surface area contributed by atoms with Crippen molar-refractivity contribution < 1.29 is 8.42 Å². The van der Waals surface area contributed by atoms with Crippen molar-refractivity contribution in [3.05, 3.63) is 22.2 Å². The summed E-state index contributed by atoms with van der Waals surface area (Å²) in [6.45, 7) is 3.89. The number of nitrogens with one attached hydrogen (secondary N) is 1. The first-order chi connectivity index (χ1) is 9.31. The summed E-state index contributed by atoms with van der Waals surface area (Å²) < 4.78 is 28.7. The van der Waals surface area contributed by atoms with E-state index >= 15 is 0 Å². The molecular weight excluding hydrogens is 340 g/mol. The summed E-state index contributed by atoms with van der Waals surface area (Å²) in [7, 11) is -3.51. The highest BCUT2D eigenvalue weighted by atomic mass is 79.9. The van der Waals surface area contributed by atoms with Crippen LogP contribution in [0.5, 0.6) is 0 Å². The summed E-state index contributed by atoms with van der Waals surface area (Å²) in [4.78, 5) is 0.274. The number of hydrogen-bond acceptors (Lipinski definition) is 3. The zero-order valence-electron chi connectivity index (χ0n) is 11.8. The van der Waals surface area contributed by atoms with Crippen LogP contribution in [0.15, 0.2) is 21.5 Å². The molecule has 112 valence electrons. The molecule has 2 rings (SSSR count). The van der Waals surface area contributed by atoms with Crippen LogP contribution in [0, 0.1) is 12.8 Å². The van der Waals surface area contributed by atoms with Gasteiger partial charge in [0, 0.05) is 16.2 Å². The highest BCUT2D eigenvalue weighted by molar-refractivity contribution is 9.10. The van der Waals surface area contributed by atoms with Crippen molar-refractivity contribution in [2.24, 2.45) is 5.92 Å². The van der Waals surface area contributed by atoms with E-state index in [0.717, 1.165) is 23.7 Å². The Kier molecular flexibility index (Phi) is 4.76. The van der Waals surface area contributed by atoms with E-state index in [1.165, 1.54) is 12.5 Å². The predicted molar refractivity (Wildman–Crippen MR) is 85.0 cm³/mol. The van der Waals surface area contributed by atoms with E-state index in [1.807, 2.05) is 0 Å². The van der Waals surface area contributed by atoms with Gasteiger partial charge in [0.25, 0.3) is 0 Å². The van der Waals surface area contributed by atoms with Gasteiger partial charge in [0.05, 0.1) is 4.90 Å². The summed E-state index contributed by atoms with van der Waals surface area (Å²) in [5.41, 5.74) is 6.94. The first-order valence-electron chi connectivity index (χ1n) is 6.89. The molecule has 4 nitrogen and oxygen atoms in total. The van der Waals surface area contributed by atoms with Gasteiger partial charge in [0.1, 0.15) is 0 Å². The van der Waals surface area contributed by atoms with Crippen LogP contribution >= 0.6 is 15.9 Å². The fourth-order valence-electron chi connectivity index (χ4n) is 2.71. The number of nitrogen functional groups attached to an aromatic ring is 1. The van der Waals surface area contributed by atoms with Crippen LogP contribution < -0.4 is 10.5 Å². The molecule has 0 radical (unpaired) electrons. The molecule has 0 aliphatic heterocycles. The number of aryl methyl sites for hydroxylation is 1. The fraction of sp³-hybridized carbons (Fsp3) is 0.571. The minimum absolute atomic E-state index is 0.0259. The second kappa shape index (κ2) is 6.03. The Balaban J connectivity index is 2.28. The highest BCUT2D eigenvalue weighted by Crippen LogP contribution is 2.29. The van der Waals surface area contributed by atoms with Crippen LogP contribution in [0.4, 0.5) is 5.69 Å². The predicted octanol–water partition coefficient (Wildman–Crippen LogP) is 3.20. The molecule has 2 atom stereocenters. The zero-order chi connectivity index (χ0) is 14.9. The maximum absolute atomic E-state index is 12.5. The molecule has 0 bridgehead atoms. The van der Waals surface area contributed by atoms with Gasteiger partial charge < -0.3 is 5.73 Å². The Morgan fingerprint density at radius 1 is 1.30 bits per heavy atom. The Hall–Kier alpha value is -0.590. The molecule has 0 aromatic heterocycles. The summed E-state index contributed by atoms with van der Waals surface area (Å²) in [5, 5.41) is 0. The fourth-order valence-corrected chi connectivity index (χ4v) is 4.81. The standard InChI is InChI=1S/C14H21BrN2O2S/c1-9-5-3-4-6-13(9)17-20(18,19)14-8-12(16)11(15)7-10(14)2/h7-9,13,17H,3-6,16H2,1-2H3. The maximum Gasteiger partial charge on any atom is 0.241 e. The first-order valence-corrected chi connectivity index (χ1v) is 9.17. The van der Waals surface area contributed by atoms with Crippen molar-refractivity contribution in [3.63, 3.8) is 0 Å². The Morgan fingerprint density at radius 3 is 2.60 bits per heavy atom. The molecule has 1 aromatic carbocycles. The monoisotopic (exact) mass is 360 g/mol. The second-order valence-corrected chi connectivity index (χ2v) is 8.17. The lowest BCUT2D eigenvalue weighted by Gasteiger charge is -2.29. The summed E-state index contributed by atoms with van der Waals surface area (Å²) in [6.07, 6.45) is 4.25. The molecule has 1 saturated carbocycles. The van der Waals surface area contributed by atoms with Gasteiger partial charge in [0.2, 0.25) is 10.0 Å². The quantitative estimate of drug-likeness (QED) is 0.812. The molecule has 3 N–H and O–H groups in total. The number of nitrogens with two attached hydrogens (primary N) is 1. The van der Waals surface area contributed by atoms with Gasteiger partial charge in [0.15, 0.2) is 0 Å². The van der Waals surface area contributed by atoms with E-state index in [2.05, 4.69) is 27.6 Å². The Bertz CT molecular complexity index is 601. The molecule has 0 amide bonds. The molecule has 1 aliphatic carbocycles. The molecule has 1 aromatic rings. The van der Waals surface area contributed by atoms with E-state index in [0.29, 0.717) is 17.2 Å². The van der Waals surface area contributed by atoms with Gasteiger partial charge in [-0.1, -0.05) is 19.8 Å². The van der Waals surface area contributed by atoms with Crippen LogP contribution in [0.2, 0.25) is 0 Å². The molecule has 0 spiro atoms. The van der Waals surface area contributed by atoms with Gasteiger partial charge in [-0.3, -0.25) is 0 Å². The molecule has 20 heavy (non-hydrogen) atoms. The van der Waals surface area contributed by atoms with Crippen LogP contribution in [0.1, 0.15) is 38.2 Å². The summed E-state index contributed by atoms with van der Waals surface area (Å²) >= 11 is 3.31. The van der Waals surface area contributed by atoms with Crippen molar-refractivity contribution in [2.75, 3.05) is 5.73 Å². The second-order valence-electron chi connectivity index (χ2n) is 5.63. The minimum Gasteiger partial charge on any atom is -0.398 e. The van der Waals surface area contributed by atoms with Crippen LogP contribution in [-0.2, 0) is 10.0 Å². The third kappa shape index (κ3) is 3.35. The third-order valence-corrected chi connectivity index (χ3v) is 6.32. The molecule has 0 heterocycles. The molecule has 1 fully saturated rings. The summed E-state index contributed by atoms with van der Waals surface area (Å²) in [5.74, 6) is 0.381. The number of hydrogen-bond donors (Lipinski definition) is 2. The van der Waals surface area contributed by atoms with E-state index in [-0.39, 0.29) is 10.9 Å². The summed E-state index contributed by atoms with van der Waals surface area (Å²) in [6, 6.07) is 3.29. The van der Waals surface area contributed by atoms with Crippen molar-refractivity contribution in [2.45, 2.75) is 50.5 Å². The average Bonchev–Trinajstić information content (AvgIpc) is 2.36. The lowest BCUT2D eigenvalue weighted by Crippen LogP contribution is -2.41. The van der Waals surface area contributed by atoms with Crippen molar-refractivity contribution in [3.8, 4) is 0 Å². The van der Waals surface area contributed by atoms with E-state index in [1.54, 1.807) is 13.0 Å². The lowest BCUT2D eigenvalue weighted by molar-refractivity contribution is 0.310. The normalized spacial score (nSPS) is 23.8. The van der Waals surface area contributed by atoms with E-state index < -0.39 is 10.0 Å². The average molecular weight is 361 g/mol.